The molecule has 4 aromatic heterocycles. The van der Waals surface area contributed by atoms with Crippen LogP contribution in [0.3, 0.4) is 0 Å². The minimum absolute atomic E-state index is 0.0325. The second-order valence-electron chi connectivity index (χ2n) is 12.6. The van der Waals surface area contributed by atoms with Crippen LogP contribution < -0.4 is 21.3 Å². The van der Waals surface area contributed by atoms with Gasteiger partial charge in [-0.25, -0.2) is 22.5 Å². The summed E-state index contributed by atoms with van der Waals surface area (Å²) >= 11 is 6.55. The van der Waals surface area contributed by atoms with Gasteiger partial charge in [0, 0.05) is 46.6 Å². The summed E-state index contributed by atoms with van der Waals surface area (Å²) in [5, 5.41) is 9.93. The molecule has 3 atom stereocenters. The normalized spacial score (nSPS) is 22.3. The first-order chi connectivity index (χ1) is 22.5. The van der Waals surface area contributed by atoms with Crippen LogP contribution in [0.4, 0.5) is 29.2 Å². The maximum Gasteiger partial charge on any atom is 0.319 e. The molecule has 1 saturated carbocycles. The number of hydrogen-bond acceptors (Lipinski definition) is 9. The van der Waals surface area contributed by atoms with Gasteiger partial charge in [0.15, 0.2) is 5.82 Å². The van der Waals surface area contributed by atoms with Gasteiger partial charge in [-0.1, -0.05) is 11.6 Å². The molecule has 16 heteroatoms. The van der Waals surface area contributed by atoms with Gasteiger partial charge in [0.1, 0.15) is 46.8 Å². The molecule has 47 heavy (non-hydrogen) atoms. The highest BCUT2D eigenvalue weighted by atomic mass is 35.5. The number of rotatable bonds is 8. The van der Waals surface area contributed by atoms with Crippen LogP contribution in [0.15, 0.2) is 29.3 Å². The third-order valence-electron chi connectivity index (χ3n) is 9.61. The van der Waals surface area contributed by atoms with E-state index in [1.165, 1.54) is 18.3 Å². The molecule has 244 valence electrons. The van der Waals surface area contributed by atoms with E-state index < -0.39 is 46.1 Å². The first kappa shape index (κ1) is 29.9. The minimum atomic E-state index is -1.82. The van der Waals surface area contributed by atoms with Crippen molar-refractivity contribution in [1.29, 1.82) is 0 Å². The Kier molecular flexibility index (Phi) is 6.68. The number of anilines is 2. The smallest absolute Gasteiger partial charge is 0.319 e. The summed E-state index contributed by atoms with van der Waals surface area (Å²) in [5.74, 6) is -1.72. The summed E-state index contributed by atoms with van der Waals surface area (Å²) in [6.45, 7) is 2.69. The average Bonchev–Trinajstić information content (AvgIpc) is 3.51. The van der Waals surface area contributed by atoms with Gasteiger partial charge in [0.2, 0.25) is 0 Å². The van der Waals surface area contributed by atoms with Crippen molar-refractivity contribution in [2.45, 2.75) is 56.0 Å². The topological polar surface area (TPSA) is 151 Å². The lowest BCUT2D eigenvalue weighted by atomic mass is 9.86. The number of nitrogens with zero attached hydrogens (tertiary/aromatic N) is 5. The average molecular weight is 670 g/mol. The Morgan fingerprint density at radius 2 is 2.04 bits per heavy atom. The van der Waals surface area contributed by atoms with E-state index in [4.69, 9.17) is 22.1 Å². The third kappa shape index (κ3) is 4.77. The van der Waals surface area contributed by atoms with E-state index in [2.05, 4.69) is 35.5 Å². The Morgan fingerprint density at radius 1 is 1.23 bits per heavy atom. The van der Waals surface area contributed by atoms with E-state index in [0.29, 0.717) is 23.9 Å². The second-order valence-corrected chi connectivity index (χ2v) is 13.0. The lowest BCUT2D eigenvalue weighted by molar-refractivity contribution is -0.0132. The summed E-state index contributed by atoms with van der Waals surface area (Å²) < 4.78 is 67.1. The number of aromatic nitrogens is 6. The minimum Gasteiger partial charge on any atom is -0.461 e. The molecule has 0 bridgehead atoms. The number of H-pyrrole nitrogens is 2. The van der Waals surface area contributed by atoms with E-state index in [9.17, 15) is 13.6 Å². The summed E-state index contributed by atoms with van der Waals surface area (Å²) in [7, 11) is 0. The first-order valence-corrected chi connectivity index (χ1v) is 15.5. The van der Waals surface area contributed by atoms with Gasteiger partial charge in [0.25, 0.3) is 5.56 Å². The molecule has 11 nitrogen and oxygen atoms in total. The molecule has 2 aliphatic heterocycles. The molecule has 3 aliphatic rings. The number of benzene rings is 1. The van der Waals surface area contributed by atoms with Gasteiger partial charge in [0.05, 0.1) is 35.2 Å². The number of halogens is 5. The van der Waals surface area contributed by atoms with Gasteiger partial charge in [-0.2, -0.15) is 15.1 Å². The highest BCUT2D eigenvalue weighted by Crippen LogP contribution is 2.56. The van der Waals surface area contributed by atoms with E-state index >= 15 is 8.78 Å². The van der Waals surface area contributed by atoms with Crippen LogP contribution in [0.5, 0.6) is 6.01 Å². The highest BCUT2D eigenvalue weighted by Gasteiger charge is 2.53. The fraction of sp³-hybridized carbons (Fsp3) is 0.387. The molecule has 6 heterocycles. The fourth-order valence-electron chi connectivity index (χ4n) is 6.96. The molecule has 5 aromatic rings. The number of hydrogen-bond donors (Lipinski definition) is 4. The van der Waals surface area contributed by atoms with Crippen molar-refractivity contribution in [3.05, 3.63) is 62.7 Å². The number of pyridine rings is 2. The molecule has 1 aromatic carbocycles. The van der Waals surface area contributed by atoms with Gasteiger partial charge in [-0.15, -0.1) is 0 Å². The maximum absolute atomic E-state index is 16.9. The monoisotopic (exact) mass is 669 g/mol. The molecule has 0 amide bonds. The number of fused-ring (bicyclic) bond motifs is 3. The zero-order valence-electron chi connectivity index (χ0n) is 24.9. The molecule has 0 spiro atoms. The standard InChI is InChI=1S/C31H28ClF4N9O2/c1-13(16-6-14(33)9-38-26(16)37)40-27-21-25(42-29(43-27)47-12-30-4-5-45(30)11-15(34)8-30)23(35)24(41-28(21)46)20-17-10-39-44-19(17)7-18(32)22(20)31(36)2-3-31/h6-7,9-10,13,15H,2-5,8,11-12H2,1H3,(H2,37,38)(H,39,44)(H,41,46)(H,40,42,43)/t13?,15?,30-/m0/s1. The van der Waals surface area contributed by atoms with Crippen LogP contribution in [0, 0.1) is 11.6 Å². The number of aromatic amines is 2. The van der Waals surface area contributed by atoms with Crippen molar-refractivity contribution < 1.29 is 22.3 Å². The molecule has 5 N–H and O–H groups in total. The van der Waals surface area contributed by atoms with Crippen molar-refractivity contribution >= 4 is 45.0 Å². The molecule has 0 radical (unpaired) electrons. The van der Waals surface area contributed by atoms with Crippen LogP contribution in [0.25, 0.3) is 33.1 Å². The molecular formula is C31H28ClF4N9O2. The number of nitrogens with two attached hydrogens (primary N) is 1. The van der Waals surface area contributed by atoms with Crippen molar-refractivity contribution in [2.24, 2.45) is 0 Å². The second kappa shape index (κ2) is 10.5. The Balaban J connectivity index is 1.30. The van der Waals surface area contributed by atoms with E-state index in [-0.39, 0.29) is 76.3 Å². The van der Waals surface area contributed by atoms with Crippen LogP contribution in [-0.2, 0) is 5.67 Å². The lowest BCUT2D eigenvalue weighted by Gasteiger charge is -2.47. The molecule has 1 aliphatic carbocycles. The highest BCUT2D eigenvalue weighted by molar-refractivity contribution is 6.33. The van der Waals surface area contributed by atoms with Crippen LogP contribution in [-0.4, -0.2) is 66.4 Å². The van der Waals surface area contributed by atoms with Crippen LogP contribution in [0.1, 0.15) is 49.8 Å². The number of nitrogen functional groups attached to an aromatic ring is 1. The largest absolute Gasteiger partial charge is 0.461 e. The van der Waals surface area contributed by atoms with Crippen molar-refractivity contribution in [1.82, 2.24) is 35.0 Å². The third-order valence-corrected chi connectivity index (χ3v) is 9.91. The maximum atomic E-state index is 16.9. The molecule has 2 unspecified atom stereocenters. The van der Waals surface area contributed by atoms with Crippen LogP contribution >= 0.6 is 11.6 Å². The van der Waals surface area contributed by atoms with E-state index in [1.54, 1.807) is 6.92 Å². The van der Waals surface area contributed by atoms with Gasteiger partial charge >= 0.3 is 6.01 Å². The quantitative estimate of drug-likeness (QED) is 0.158. The van der Waals surface area contributed by atoms with Crippen molar-refractivity contribution in [3.8, 4) is 17.3 Å². The Morgan fingerprint density at radius 3 is 2.77 bits per heavy atom. The van der Waals surface area contributed by atoms with Crippen molar-refractivity contribution in [3.63, 3.8) is 0 Å². The number of ether oxygens (including phenoxy) is 1. The number of nitrogens with one attached hydrogen (secondary N) is 3. The molecule has 8 rings (SSSR count). The zero-order chi connectivity index (χ0) is 32.8. The van der Waals surface area contributed by atoms with E-state index in [1.807, 2.05) is 4.90 Å². The molecule has 2 saturated heterocycles. The number of alkyl halides is 2. The van der Waals surface area contributed by atoms with Crippen LogP contribution in [0.2, 0.25) is 5.02 Å². The Bertz CT molecular complexity index is 2160. The first-order valence-electron chi connectivity index (χ1n) is 15.1. The zero-order valence-corrected chi connectivity index (χ0v) is 25.7. The van der Waals surface area contributed by atoms with Crippen molar-refractivity contribution in [2.75, 3.05) is 30.7 Å². The summed E-state index contributed by atoms with van der Waals surface area (Å²) in [4.78, 5) is 31.0. The fourth-order valence-corrected chi connectivity index (χ4v) is 7.33. The predicted octanol–water partition coefficient (Wildman–Crippen LogP) is 5.47. The Labute approximate surface area is 268 Å². The SMILES string of the molecule is CC(Nc1nc(OC[C@@]23CCN2CC(F)C3)nc2c(F)c(-c3c(C4(F)CC4)c(Cl)cc4[nH]ncc34)[nH]c(=O)c12)c1cc(F)cnc1N. The van der Waals surface area contributed by atoms with Gasteiger partial charge in [-0.3, -0.25) is 14.8 Å². The summed E-state index contributed by atoms with van der Waals surface area (Å²) in [6.07, 6.45) is 2.69. The predicted molar refractivity (Wildman–Crippen MR) is 167 cm³/mol. The molecule has 3 fully saturated rings. The summed E-state index contributed by atoms with van der Waals surface area (Å²) in [5.41, 5.74) is 2.85. The van der Waals surface area contributed by atoms with E-state index in [0.717, 1.165) is 12.7 Å². The summed E-state index contributed by atoms with van der Waals surface area (Å²) in [6, 6.07) is 1.65. The lowest BCUT2D eigenvalue weighted by Crippen LogP contribution is -2.59. The van der Waals surface area contributed by atoms with Gasteiger partial charge < -0.3 is 20.8 Å². The molecular weight excluding hydrogens is 642 g/mol. The van der Waals surface area contributed by atoms with Gasteiger partial charge in [-0.05, 0) is 38.3 Å². The Hall–Kier alpha value is -4.50.